The predicted octanol–water partition coefficient (Wildman–Crippen LogP) is 3.94. The van der Waals surface area contributed by atoms with Crippen molar-refractivity contribution in [3.8, 4) is 11.6 Å². The molecule has 2 N–H and O–H groups in total. The van der Waals surface area contributed by atoms with E-state index >= 15 is 0 Å². The van der Waals surface area contributed by atoms with E-state index in [2.05, 4.69) is 16.6 Å². The number of aliphatic hydroxyl groups is 1. The van der Waals surface area contributed by atoms with Gasteiger partial charge in [0.25, 0.3) is 0 Å². The van der Waals surface area contributed by atoms with Gasteiger partial charge in [-0.2, -0.15) is 4.99 Å². The fourth-order valence-corrected chi connectivity index (χ4v) is 2.07. The number of methoxy groups -OCH3 is 1. The van der Waals surface area contributed by atoms with Crippen molar-refractivity contribution in [1.29, 1.82) is 5.41 Å². The Bertz CT molecular complexity index is 887. The molecule has 0 aliphatic rings. The van der Waals surface area contributed by atoms with E-state index in [4.69, 9.17) is 20.0 Å². The molecule has 0 bridgehead atoms. The molecule has 0 aliphatic heterocycles. The van der Waals surface area contributed by atoms with Gasteiger partial charge in [0, 0.05) is 18.7 Å². The standard InChI is InChI=1S/C22H23N3O3/c1-17(9-6-7-16-26)14-15-21(28-18-10-4-3-5-11-18)25-22(23)19-12-8-13-20(24-19)27-2/h3-6,8-15,23,26H,1,7,16H2,2H3/b9-6+,15-14+,23-22?,25-21+. The second-order valence-corrected chi connectivity index (χ2v) is 5.60. The Morgan fingerprint density at radius 3 is 2.64 bits per heavy atom. The van der Waals surface area contributed by atoms with Crippen LogP contribution < -0.4 is 9.47 Å². The summed E-state index contributed by atoms with van der Waals surface area (Å²) < 4.78 is 10.9. The minimum atomic E-state index is -0.0593. The number of hydrogen-bond donors (Lipinski definition) is 2. The van der Waals surface area contributed by atoms with Crippen LogP contribution in [0, 0.1) is 5.41 Å². The number of aliphatic hydroxyl groups excluding tert-OH is 1. The Labute approximate surface area is 164 Å². The lowest BCUT2D eigenvalue weighted by Gasteiger charge is -2.07. The SMILES string of the molecule is C=C(/C=C/CCO)/C=C/C(=N\C(=N)c1cccc(OC)n1)Oc1ccccc1. The number of amidine groups is 1. The highest BCUT2D eigenvalue weighted by Gasteiger charge is 2.07. The van der Waals surface area contributed by atoms with Crippen molar-refractivity contribution in [2.75, 3.05) is 13.7 Å². The van der Waals surface area contributed by atoms with E-state index in [0.717, 1.165) is 0 Å². The van der Waals surface area contributed by atoms with Gasteiger partial charge in [0.05, 0.1) is 7.11 Å². The van der Waals surface area contributed by atoms with Crippen LogP contribution in [-0.4, -0.2) is 35.5 Å². The van der Waals surface area contributed by atoms with Gasteiger partial charge in [-0.15, -0.1) is 0 Å². The van der Waals surface area contributed by atoms with Gasteiger partial charge in [0.2, 0.25) is 11.8 Å². The lowest BCUT2D eigenvalue weighted by Crippen LogP contribution is -2.10. The minimum Gasteiger partial charge on any atom is -0.481 e. The molecule has 144 valence electrons. The number of rotatable bonds is 8. The van der Waals surface area contributed by atoms with Crippen LogP contribution in [0.25, 0.3) is 0 Å². The summed E-state index contributed by atoms with van der Waals surface area (Å²) in [6.45, 7) is 4.00. The van der Waals surface area contributed by atoms with Crippen molar-refractivity contribution < 1.29 is 14.6 Å². The molecule has 0 amide bonds. The van der Waals surface area contributed by atoms with Crippen LogP contribution in [-0.2, 0) is 0 Å². The molecule has 0 saturated heterocycles. The van der Waals surface area contributed by atoms with E-state index in [1.807, 2.05) is 24.3 Å². The highest BCUT2D eigenvalue weighted by atomic mass is 16.5. The summed E-state index contributed by atoms with van der Waals surface area (Å²) >= 11 is 0. The van der Waals surface area contributed by atoms with Crippen LogP contribution in [0.3, 0.4) is 0 Å². The summed E-state index contributed by atoms with van der Waals surface area (Å²) in [7, 11) is 1.52. The molecule has 2 aromatic rings. The predicted molar refractivity (Wildman–Crippen MR) is 111 cm³/mol. The molecule has 0 fully saturated rings. The van der Waals surface area contributed by atoms with E-state index < -0.39 is 0 Å². The van der Waals surface area contributed by atoms with Gasteiger partial charge in [-0.1, -0.05) is 49.1 Å². The maximum absolute atomic E-state index is 8.83. The maximum Gasteiger partial charge on any atom is 0.221 e. The van der Waals surface area contributed by atoms with Gasteiger partial charge < -0.3 is 14.6 Å². The molecule has 0 radical (unpaired) electrons. The summed E-state index contributed by atoms with van der Waals surface area (Å²) in [5, 5.41) is 17.1. The van der Waals surface area contributed by atoms with Gasteiger partial charge in [-0.05, 0) is 30.2 Å². The lowest BCUT2D eigenvalue weighted by molar-refractivity contribution is 0.302. The molecular weight excluding hydrogens is 354 g/mol. The third-order valence-electron chi connectivity index (χ3n) is 3.43. The number of allylic oxidation sites excluding steroid dienone is 3. The van der Waals surface area contributed by atoms with Gasteiger partial charge in [0.15, 0.2) is 5.84 Å². The Morgan fingerprint density at radius 2 is 1.93 bits per heavy atom. The van der Waals surface area contributed by atoms with Crippen molar-refractivity contribution in [3.05, 3.63) is 90.7 Å². The van der Waals surface area contributed by atoms with E-state index in [1.165, 1.54) is 7.11 Å². The summed E-state index contributed by atoms with van der Waals surface area (Å²) in [4.78, 5) is 8.46. The molecule has 0 unspecified atom stereocenters. The van der Waals surface area contributed by atoms with E-state index in [1.54, 1.807) is 48.6 Å². The Kier molecular flexibility index (Phi) is 8.36. The number of aromatic nitrogens is 1. The van der Waals surface area contributed by atoms with Crippen molar-refractivity contribution in [2.24, 2.45) is 4.99 Å². The van der Waals surface area contributed by atoms with Crippen LogP contribution in [0.15, 0.2) is 90.0 Å². The third-order valence-corrected chi connectivity index (χ3v) is 3.43. The molecule has 0 spiro atoms. The molecule has 6 nitrogen and oxygen atoms in total. The average molecular weight is 377 g/mol. The minimum absolute atomic E-state index is 0.0593. The van der Waals surface area contributed by atoms with Crippen LogP contribution in [0.5, 0.6) is 11.6 Å². The topological polar surface area (TPSA) is 87.8 Å². The first-order valence-corrected chi connectivity index (χ1v) is 8.68. The van der Waals surface area contributed by atoms with E-state index in [0.29, 0.717) is 29.3 Å². The lowest BCUT2D eigenvalue weighted by atomic mass is 10.2. The fourth-order valence-electron chi connectivity index (χ4n) is 2.07. The number of ether oxygens (including phenoxy) is 2. The van der Waals surface area contributed by atoms with Gasteiger partial charge >= 0.3 is 0 Å². The van der Waals surface area contributed by atoms with Crippen LogP contribution in [0.1, 0.15) is 12.1 Å². The van der Waals surface area contributed by atoms with Gasteiger partial charge in [-0.3, -0.25) is 5.41 Å². The molecule has 1 aromatic heterocycles. The second-order valence-electron chi connectivity index (χ2n) is 5.60. The van der Waals surface area contributed by atoms with Crippen LogP contribution in [0.2, 0.25) is 0 Å². The zero-order valence-corrected chi connectivity index (χ0v) is 15.7. The quantitative estimate of drug-likeness (QED) is 0.414. The molecule has 1 heterocycles. The van der Waals surface area contributed by atoms with E-state index in [-0.39, 0.29) is 18.3 Å². The maximum atomic E-state index is 8.83. The Hall–Kier alpha value is -3.51. The molecule has 0 atom stereocenters. The van der Waals surface area contributed by atoms with Crippen LogP contribution in [0.4, 0.5) is 0 Å². The van der Waals surface area contributed by atoms with Crippen molar-refractivity contribution in [3.63, 3.8) is 0 Å². The molecule has 0 saturated carbocycles. The number of nitrogens with one attached hydrogen (secondary N) is 1. The number of nitrogens with zero attached hydrogens (tertiary/aromatic N) is 2. The molecule has 28 heavy (non-hydrogen) atoms. The molecule has 6 heteroatoms. The van der Waals surface area contributed by atoms with E-state index in [9.17, 15) is 0 Å². The first-order chi connectivity index (χ1) is 13.6. The number of aliphatic imine (C=N–C) groups is 1. The number of pyridine rings is 1. The molecule has 1 aromatic carbocycles. The second kappa shape index (κ2) is 11.3. The summed E-state index contributed by atoms with van der Waals surface area (Å²) in [6, 6.07) is 14.3. The highest BCUT2D eigenvalue weighted by molar-refractivity contribution is 6.05. The zero-order valence-electron chi connectivity index (χ0n) is 15.7. The van der Waals surface area contributed by atoms with Crippen molar-refractivity contribution in [1.82, 2.24) is 4.98 Å². The number of benzene rings is 1. The summed E-state index contributed by atoms with van der Waals surface area (Å²) in [5.41, 5.74) is 1.08. The fraction of sp³-hybridized carbons (Fsp3) is 0.136. The van der Waals surface area contributed by atoms with Crippen LogP contribution >= 0.6 is 0 Å². The first-order valence-electron chi connectivity index (χ1n) is 8.68. The largest absolute Gasteiger partial charge is 0.481 e. The molecule has 0 aliphatic carbocycles. The first kappa shape index (κ1) is 20.8. The monoisotopic (exact) mass is 377 g/mol. The van der Waals surface area contributed by atoms with Gasteiger partial charge in [-0.25, -0.2) is 4.98 Å². The Balaban J connectivity index is 2.24. The average Bonchev–Trinajstić information content (AvgIpc) is 2.73. The summed E-state index contributed by atoms with van der Waals surface area (Å²) in [6.07, 6.45) is 7.53. The molecular formula is C22H23N3O3. The van der Waals surface area contributed by atoms with Crippen molar-refractivity contribution >= 4 is 11.7 Å². The third kappa shape index (κ3) is 7.01. The Morgan fingerprint density at radius 1 is 1.14 bits per heavy atom. The normalized spacial score (nSPS) is 11.7. The van der Waals surface area contributed by atoms with Gasteiger partial charge in [0.1, 0.15) is 11.4 Å². The van der Waals surface area contributed by atoms with Crippen molar-refractivity contribution in [2.45, 2.75) is 6.42 Å². The number of hydrogen-bond acceptors (Lipinski definition) is 5. The smallest absolute Gasteiger partial charge is 0.221 e. The zero-order chi connectivity index (χ0) is 20.2. The highest BCUT2D eigenvalue weighted by Crippen LogP contribution is 2.12. The number of para-hydroxylation sites is 1. The summed E-state index contributed by atoms with van der Waals surface area (Å²) in [5.74, 6) is 1.16. The molecule has 2 rings (SSSR count).